The number of morpholine rings is 1. The van der Waals surface area contributed by atoms with Gasteiger partial charge in [-0.2, -0.15) is 0 Å². The molecule has 1 aromatic carbocycles. The van der Waals surface area contributed by atoms with Crippen LogP contribution in [-0.4, -0.2) is 66.0 Å². The number of furan rings is 1. The van der Waals surface area contributed by atoms with E-state index in [1.54, 1.807) is 12.1 Å². The van der Waals surface area contributed by atoms with E-state index in [1.165, 1.54) is 11.2 Å². The van der Waals surface area contributed by atoms with Gasteiger partial charge in [0.15, 0.2) is 0 Å². The van der Waals surface area contributed by atoms with Crippen molar-refractivity contribution in [2.45, 2.75) is 26.3 Å². The molecular formula is C24H28N2O5. The van der Waals surface area contributed by atoms with Gasteiger partial charge in [-0.3, -0.25) is 14.5 Å². The summed E-state index contributed by atoms with van der Waals surface area (Å²) in [5, 5.41) is 11.1. The summed E-state index contributed by atoms with van der Waals surface area (Å²) in [6.07, 6.45) is 2.23. The van der Waals surface area contributed by atoms with Crippen LogP contribution >= 0.6 is 0 Å². The van der Waals surface area contributed by atoms with Gasteiger partial charge in [0.05, 0.1) is 25.1 Å². The highest BCUT2D eigenvalue weighted by molar-refractivity contribution is 6.46. The Bertz CT molecular complexity index is 989. The van der Waals surface area contributed by atoms with Crippen LogP contribution in [0.4, 0.5) is 0 Å². The molecule has 0 aliphatic carbocycles. The molecule has 164 valence electrons. The third-order valence-corrected chi connectivity index (χ3v) is 5.98. The minimum Gasteiger partial charge on any atom is -0.507 e. The summed E-state index contributed by atoms with van der Waals surface area (Å²) in [7, 11) is 0. The predicted octanol–water partition coefficient (Wildman–Crippen LogP) is 3.04. The van der Waals surface area contributed by atoms with Gasteiger partial charge in [0.25, 0.3) is 11.7 Å². The fraction of sp³-hybridized carbons (Fsp3) is 0.417. The van der Waals surface area contributed by atoms with Crippen LogP contribution < -0.4 is 0 Å². The number of Topliss-reactive ketones (excluding diaryl/α,β-unsaturated/α-hetero) is 1. The second kappa shape index (κ2) is 9.08. The van der Waals surface area contributed by atoms with E-state index in [1.807, 2.05) is 32.0 Å². The number of ketones is 1. The summed E-state index contributed by atoms with van der Waals surface area (Å²) >= 11 is 0. The van der Waals surface area contributed by atoms with Crippen LogP contribution in [0.5, 0.6) is 0 Å². The highest BCUT2D eigenvalue weighted by atomic mass is 16.5. The van der Waals surface area contributed by atoms with Crippen molar-refractivity contribution in [1.82, 2.24) is 9.80 Å². The Balaban J connectivity index is 1.65. The largest absolute Gasteiger partial charge is 0.507 e. The molecule has 2 aliphatic rings. The van der Waals surface area contributed by atoms with Crippen LogP contribution in [0.2, 0.25) is 0 Å². The van der Waals surface area contributed by atoms with E-state index in [-0.39, 0.29) is 11.3 Å². The maximum atomic E-state index is 13.0. The summed E-state index contributed by atoms with van der Waals surface area (Å²) in [6.45, 7) is 8.17. The monoisotopic (exact) mass is 424 g/mol. The Labute approximate surface area is 181 Å². The maximum absolute atomic E-state index is 13.0. The molecule has 0 bridgehead atoms. The van der Waals surface area contributed by atoms with Gasteiger partial charge in [-0.25, -0.2) is 0 Å². The van der Waals surface area contributed by atoms with E-state index >= 15 is 0 Å². The third kappa shape index (κ3) is 4.29. The zero-order chi connectivity index (χ0) is 22.0. The SMILES string of the molecule is Cc1ccc(C)c(C(O)=C2C(=O)C(=O)N(CCCN3CCOCC3)[C@H]2c2ccco2)c1. The molecule has 2 saturated heterocycles. The van der Waals surface area contributed by atoms with Crippen LogP contribution in [0.25, 0.3) is 5.76 Å². The molecule has 4 rings (SSSR count). The number of benzene rings is 1. The number of aryl methyl sites for hydroxylation is 2. The molecule has 1 amide bonds. The first-order valence-corrected chi connectivity index (χ1v) is 10.7. The lowest BCUT2D eigenvalue weighted by Crippen LogP contribution is -2.38. The molecule has 3 heterocycles. The van der Waals surface area contributed by atoms with Crippen molar-refractivity contribution in [3.63, 3.8) is 0 Å². The van der Waals surface area contributed by atoms with Gasteiger partial charge < -0.3 is 19.2 Å². The summed E-state index contributed by atoms with van der Waals surface area (Å²) in [5.41, 5.74) is 2.43. The smallest absolute Gasteiger partial charge is 0.295 e. The second-order valence-corrected chi connectivity index (χ2v) is 8.13. The number of amides is 1. The third-order valence-electron chi connectivity index (χ3n) is 5.98. The van der Waals surface area contributed by atoms with Gasteiger partial charge in [0.2, 0.25) is 0 Å². The zero-order valence-corrected chi connectivity index (χ0v) is 18.0. The molecule has 2 aliphatic heterocycles. The van der Waals surface area contributed by atoms with Crippen molar-refractivity contribution >= 4 is 17.4 Å². The van der Waals surface area contributed by atoms with E-state index in [9.17, 15) is 14.7 Å². The fourth-order valence-corrected chi connectivity index (χ4v) is 4.28. The molecule has 1 atom stereocenters. The number of rotatable bonds is 6. The van der Waals surface area contributed by atoms with Crippen molar-refractivity contribution in [2.75, 3.05) is 39.4 Å². The van der Waals surface area contributed by atoms with E-state index in [0.29, 0.717) is 37.5 Å². The van der Waals surface area contributed by atoms with Crippen molar-refractivity contribution in [3.8, 4) is 0 Å². The van der Waals surface area contributed by atoms with E-state index in [2.05, 4.69) is 4.90 Å². The van der Waals surface area contributed by atoms with Crippen LogP contribution in [0.1, 0.15) is 34.9 Å². The number of carbonyl (C=O) groups excluding carboxylic acids is 2. The molecule has 1 aromatic heterocycles. The van der Waals surface area contributed by atoms with Crippen LogP contribution in [0.15, 0.2) is 46.6 Å². The van der Waals surface area contributed by atoms with Crippen LogP contribution in [0.3, 0.4) is 0 Å². The molecule has 0 saturated carbocycles. The number of carbonyl (C=O) groups is 2. The molecule has 0 unspecified atom stereocenters. The molecule has 2 fully saturated rings. The minimum atomic E-state index is -0.736. The zero-order valence-electron chi connectivity index (χ0n) is 18.0. The topological polar surface area (TPSA) is 83.2 Å². The van der Waals surface area contributed by atoms with Gasteiger partial charge in [-0.15, -0.1) is 0 Å². The Morgan fingerprint density at radius 1 is 1.13 bits per heavy atom. The molecular weight excluding hydrogens is 396 g/mol. The van der Waals surface area contributed by atoms with Gasteiger partial charge in [0, 0.05) is 31.7 Å². The van der Waals surface area contributed by atoms with Crippen molar-refractivity contribution in [3.05, 3.63) is 64.6 Å². The first-order valence-electron chi connectivity index (χ1n) is 10.7. The van der Waals surface area contributed by atoms with Crippen LogP contribution in [0, 0.1) is 13.8 Å². The molecule has 7 nitrogen and oxygen atoms in total. The van der Waals surface area contributed by atoms with Crippen molar-refractivity contribution in [2.24, 2.45) is 0 Å². The highest BCUT2D eigenvalue weighted by Gasteiger charge is 2.47. The first kappa shape index (κ1) is 21.3. The van der Waals surface area contributed by atoms with E-state index < -0.39 is 17.7 Å². The standard InChI is InChI=1S/C24H28N2O5/c1-16-6-7-17(2)18(15-16)22(27)20-21(19-5-3-12-31-19)26(24(29)23(20)28)9-4-8-25-10-13-30-14-11-25/h3,5-7,12,15,21,27H,4,8-11,13-14H2,1-2H3/t21-/m0/s1. The number of nitrogens with zero attached hydrogens (tertiary/aromatic N) is 2. The number of likely N-dealkylation sites (tertiary alicyclic amines) is 1. The van der Waals surface area contributed by atoms with Crippen molar-refractivity contribution < 1.29 is 23.8 Å². The normalized spacial score (nSPS) is 21.7. The Kier molecular flexibility index (Phi) is 6.25. The van der Waals surface area contributed by atoms with E-state index in [4.69, 9.17) is 9.15 Å². The Morgan fingerprint density at radius 2 is 1.90 bits per heavy atom. The lowest BCUT2D eigenvalue weighted by atomic mass is 9.96. The molecule has 31 heavy (non-hydrogen) atoms. The number of hydrogen-bond donors (Lipinski definition) is 1. The van der Waals surface area contributed by atoms with Gasteiger partial charge in [-0.05, 0) is 44.0 Å². The highest BCUT2D eigenvalue weighted by Crippen LogP contribution is 2.40. The van der Waals surface area contributed by atoms with Crippen molar-refractivity contribution in [1.29, 1.82) is 0 Å². The van der Waals surface area contributed by atoms with Gasteiger partial charge in [0.1, 0.15) is 17.6 Å². The van der Waals surface area contributed by atoms with Gasteiger partial charge in [-0.1, -0.05) is 17.7 Å². The lowest BCUT2D eigenvalue weighted by Gasteiger charge is -2.28. The summed E-state index contributed by atoms with van der Waals surface area (Å²) in [5.74, 6) is -0.963. The number of aliphatic hydroxyl groups is 1. The maximum Gasteiger partial charge on any atom is 0.295 e. The summed E-state index contributed by atoms with van der Waals surface area (Å²) < 4.78 is 11.0. The predicted molar refractivity (Wildman–Crippen MR) is 116 cm³/mol. The lowest BCUT2D eigenvalue weighted by molar-refractivity contribution is -0.140. The number of hydrogen-bond acceptors (Lipinski definition) is 6. The average molecular weight is 424 g/mol. The molecule has 0 radical (unpaired) electrons. The number of ether oxygens (including phenoxy) is 1. The number of aliphatic hydroxyl groups excluding tert-OH is 1. The summed E-state index contributed by atoms with van der Waals surface area (Å²) in [6, 6.07) is 8.39. The molecule has 0 spiro atoms. The summed E-state index contributed by atoms with van der Waals surface area (Å²) in [4.78, 5) is 29.8. The fourth-order valence-electron chi connectivity index (χ4n) is 4.28. The Hall–Kier alpha value is -2.90. The van der Waals surface area contributed by atoms with Crippen LogP contribution in [-0.2, 0) is 14.3 Å². The quantitative estimate of drug-likeness (QED) is 0.436. The minimum absolute atomic E-state index is 0.0834. The molecule has 1 N–H and O–H groups in total. The first-order chi connectivity index (χ1) is 15.0. The molecule has 7 heteroatoms. The second-order valence-electron chi connectivity index (χ2n) is 8.13. The Morgan fingerprint density at radius 3 is 2.61 bits per heavy atom. The van der Waals surface area contributed by atoms with E-state index in [0.717, 1.165) is 30.8 Å². The van der Waals surface area contributed by atoms with Gasteiger partial charge >= 0.3 is 0 Å². The average Bonchev–Trinajstić information content (AvgIpc) is 3.38. The molecule has 2 aromatic rings.